The van der Waals surface area contributed by atoms with Gasteiger partial charge in [-0.05, 0) is 60.2 Å². The number of rotatable bonds is 6. The summed E-state index contributed by atoms with van der Waals surface area (Å²) in [7, 11) is -2.02. The average molecular weight is 445 g/mol. The Labute approximate surface area is 182 Å². The minimum absolute atomic E-state index is 0.155. The minimum Gasteiger partial charge on any atom is -0.313 e. The zero-order chi connectivity index (χ0) is 21.1. The Morgan fingerprint density at radius 3 is 2.73 bits per heavy atom. The van der Waals surface area contributed by atoms with Gasteiger partial charge in [0.05, 0.1) is 12.2 Å². The highest BCUT2D eigenvalue weighted by atomic mass is 35.5. The topological polar surface area (TPSA) is 76.0 Å². The van der Waals surface area contributed by atoms with Gasteiger partial charge in [0.15, 0.2) is 0 Å². The first-order chi connectivity index (χ1) is 14.4. The molecule has 0 fully saturated rings. The SMILES string of the molecule is Cn1cc(S(=O)(=O)NC(Cc2ccc(Cl)cc2)c2ccc3c(c2)CNCCC3)cn1. The molecule has 3 aromatic rings. The summed E-state index contributed by atoms with van der Waals surface area (Å²) in [5, 5.41) is 8.09. The van der Waals surface area contributed by atoms with Crippen molar-refractivity contribution in [3.05, 3.63) is 82.1 Å². The monoisotopic (exact) mass is 444 g/mol. The fourth-order valence-corrected chi connectivity index (χ4v) is 5.11. The van der Waals surface area contributed by atoms with Crippen molar-refractivity contribution < 1.29 is 8.42 Å². The van der Waals surface area contributed by atoms with E-state index in [2.05, 4.69) is 27.3 Å². The van der Waals surface area contributed by atoms with E-state index in [0.717, 1.165) is 37.1 Å². The predicted molar refractivity (Wildman–Crippen MR) is 118 cm³/mol. The van der Waals surface area contributed by atoms with E-state index >= 15 is 0 Å². The van der Waals surface area contributed by atoms with Crippen LogP contribution < -0.4 is 10.0 Å². The first kappa shape index (κ1) is 21.1. The minimum atomic E-state index is -3.72. The molecular weight excluding hydrogens is 420 g/mol. The molecule has 0 bridgehead atoms. The lowest BCUT2D eigenvalue weighted by Crippen LogP contribution is -2.30. The molecule has 2 heterocycles. The Kier molecular flexibility index (Phi) is 6.24. The highest BCUT2D eigenvalue weighted by Gasteiger charge is 2.24. The van der Waals surface area contributed by atoms with Crippen LogP contribution in [0.4, 0.5) is 0 Å². The van der Waals surface area contributed by atoms with E-state index in [4.69, 9.17) is 11.6 Å². The van der Waals surface area contributed by atoms with Crippen LogP contribution in [0.5, 0.6) is 0 Å². The van der Waals surface area contributed by atoms with Crippen LogP contribution in [0.3, 0.4) is 0 Å². The predicted octanol–water partition coefficient (Wildman–Crippen LogP) is 3.37. The van der Waals surface area contributed by atoms with Crippen LogP contribution in [0.2, 0.25) is 5.02 Å². The molecule has 2 aromatic carbocycles. The van der Waals surface area contributed by atoms with E-state index in [9.17, 15) is 8.42 Å². The maximum Gasteiger partial charge on any atom is 0.244 e. The van der Waals surface area contributed by atoms with E-state index in [1.807, 2.05) is 30.3 Å². The van der Waals surface area contributed by atoms with Gasteiger partial charge in [0.25, 0.3) is 0 Å². The Hall–Kier alpha value is -2.19. The molecule has 1 atom stereocenters. The number of fused-ring (bicyclic) bond motifs is 1. The maximum absolute atomic E-state index is 13.0. The summed E-state index contributed by atoms with van der Waals surface area (Å²) in [6, 6.07) is 13.4. The number of aromatic nitrogens is 2. The fraction of sp³-hybridized carbons (Fsp3) is 0.318. The van der Waals surface area contributed by atoms with Crippen LogP contribution in [0.15, 0.2) is 59.8 Å². The van der Waals surface area contributed by atoms with Gasteiger partial charge in [0.2, 0.25) is 10.0 Å². The van der Waals surface area contributed by atoms with E-state index in [1.54, 1.807) is 7.05 Å². The summed E-state index contributed by atoms with van der Waals surface area (Å²) in [5.41, 5.74) is 4.50. The molecule has 0 aliphatic carbocycles. The van der Waals surface area contributed by atoms with Crippen LogP contribution in [0.1, 0.15) is 34.7 Å². The highest BCUT2D eigenvalue weighted by Crippen LogP contribution is 2.26. The molecule has 2 N–H and O–H groups in total. The Morgan fingerprint density at radius 2 is 2.00 bits per heavy atom. The molecule has 4 rings (SSSR count). The summed E-state index contributed by atoms with van der Waals surface area (Å²) in [5.74, 6) is 0. The van der Waals surface area contributed by atoms with Crippen molar-refractivity contribution in [2.75, 3.05) is 6.54 Å². The molecule has 1 unspecified atom stereocenters. The van der Waals surface area contributed by atoms with Crippen molar-refractivity contribution in [3.63, 3.8) is 0 Å². The first-order valence-electron chi connectivity index (χ1n) is 9.98. The summed E-state index contributed by atoms with van der Waals surface area (Å²) in [6.45, 7) is 1.79. The van der Waals surface area contributed by atoms with Crippen molar-refractivity contribution in [2.24, 2.45) is 7.05 Å². The van der Waals surface area contributed by atoms with E-state index in [0.29, 0.717) is 11.4 Å². The van der Waals surface area contributed by atoms with Gasteiger partial charge in [0, 0.05) is 24.8 Å². The number of aryl methyl sites for hydroxylation is 2. The summed E-state index contributed by atoms with van der Waals surface area (Å²) < 4.78 is 30.4. The molecule has 0 amide bonds. The number of hydrogen-bond donors (Lipinski definition) is 2. The van der Waals surface area contributed by atoms with Gasteiger partial charge in [-0.15, -0.1) is 0 Å². The second kappa shape index (κ2) is 8.89. The zero-order valence-electron chi connectivity index (χ0n) is 16.8. The van der Waals surface area contributed by atoms with Crippen molar-refractivity contribution in [2.45, 2.75) is 36.7 Å². The zero-order valence-corrected chi connectivity index (χ0v) is 18.4. The lowest BCUT2D eigenvalue weighted by Gasteiger charge is -2.21. The number of nitrogens with zero attached hydrogens (tertiary/aromatic N) is 2. The molecular formula is C22H25ClN4O2S. The summed E-state index contributed by atoms with van der Waals surface area (Å²) in [4.78, 5) is 0.155. The van der Waals surface area contributed by atoms with Gasteiger partial charge in [0.1, 0.15) is 4.90 Å². The van der Waals surface area contributed by atoms with Gasteiger partial charge in [-0.2, -0.15) is 5.10 Å². The third-order valence-corrected chi connectivity index (χ3v) is 7.07. The highest BCUT2D eigenvalue weighted by molar-refractivity contribution is 7.89. The molecule has 1 aliphatic heterocycles. The van der Waals surface area contributed by atoms with Gasteiger partial charge in [-0.25, -0.2) is 13.1 Å². The average Bonchev–Trinajstić information content (AvgIpc) is 3.03. The quantitative estimate of drug-likeness (QED) is 0.611. The molecule has 6 nitrogen and oxygen atoms in total. The van der Waals surface area contributed by atoms with Crippen LogP contribution in [0.25, 0.3) is 0 Å². The Bertz CT molecular complexity index is 1130. The smallest absolute Gasteiger partial charge is 0.244 e. The van der Waals surface area contributed by atoms with E-state index < -0.39 is 16.1 Å². The number of hydrogen-bond acceptors (Lipinski definition) is 4. The van der Waals surface area contributed by atoms with Gasteiger partial charge < -0.3 is 5.32 Å². The van der Waals surface area contributed by atoms with Gasteiger partial charge in [-0.3, -0.25) is 4.68 Å². The van der Waals surface area contributed by atoms with Crippen molar-refractivity contribution in [1.82, 2.24) is 19.8 Å². The maximum atomic E-state index is 13.0. The van der Waals surface area contributed by atoms with Crippen LogP contribution in [0, 0.1) is 0 Å². The lowest BCUT2D eigenvalue weighted by molar-refractivity contribution is 0.554. The normalized spacial score (nSPS) is 15.4. The standard InChI is InChI=1S/C22H25ClN4O2S/c1-27-15-21(14-25-27)30(28,29)26-22(11-16-4-8-20(23)9-5-16)18-7-6-17-3-2-10-24-13-19(17)12-18/h4-9,12,14-15,22,24,26H,2-3,10-11,13H2,1H3. The summed E-state index contributed by atoms with van der Waals surface area (Å²) >= 11 is 6.02. The van der Waals surface area contributed by atoms with E-state index in [-0.39, 0.29) is 4.90 Å². The lowest BCUT2D eigenvalue weighted by atomic mass is 9.95. The molecule has 0 spiro atoms. The van der Waals surface area contributed by atoms with Crippen molar-refractivity contribution >= 4 is 21.6 Å². The van der Waals surface area contributed by atoms with Crippen molar-refractivity contribution in [3.8, 4) is 0 Å². The second-order valence-corrected chi connectivity index (χ2v) is 9.81. The molecule has 1 aromatic heterocycles. The van der Waals surface area contributed by atoms with Gasteiger partial charge >= 0.3 is 0 Å². The fourth-order valence-electron chi connectivity index (χ4n) is 3.77. The molecule has 8 heteroatoms. The molecule has 1 aliphatic rings. The summed E-state index contributed by atoms with van der Waals surface area (Å²) in [6.07, 6.45) is 5.52. The first-order valence-corrected chi connectivity index (χ1v) is 11.8. The van der Waals surface area contributed by atoms with Crippen LogP contribution in [-0.4, -0.2) is 24.7 Å². The third-order valence-electron chi connectivity index (χ3n) is 5.39. The van der Waals surface area contributed by atoms with Crippen LogP contribution in [-0.2, 0) is 36.5 Å². The molecule has 0 radical (unpaired) electrons. The molecule has 0 saturated heterocycles. The largest absolute Gasteiger partial charge is 0.313 e. The van der Waals surface area contributed by atoms with E-state index in [1.165, 1.54) is 28.2 Å². The van der Waals surface area contributed by atoms with Gasteiger partial charge in [-0.1, -0.05) is 41.9 Å². The third kappa shape index (κ3) is 4.92. The molecule has 0 saturated carbocycles. The van der Waals surface area contributed by atoms with Crippen LogP contribution >= 0.6 is 11.6 Å². The number of sulfonamides is 1. The second-order valence-electron chi connectivity index (χ2n) is 7.66. The number of benzene rings is 2. The Balaban J connectivity index is 1.68. The Morgan fingerprint density at radius 1 is 1.20 bits per heavy atom. The number of nitrogens with one attached hydrogen (secondary N) is 2. The molecule has 30 heavy (non-hydrogen) atoms. The van der Waals surface area contributed by atoms with Crippen molar-refractivity contribution in [1.29, 1.82) is 0 Å². The number of halogens is 1. The molecule has 158 valence electrons.